The van der Waals surface area contributed by atoms with E-state index in [0.29, 0.717) is 0 Å². The fraction of sp³-hybridized carbons (Fsp3) is 0.444. The van der Waals surface area contributed by atoms with Crippen LogP contribution in [0.5, 0.6) is 5.75 Å². The summed E-state index contributed by atoms with van der Waals surface area (Å²) in [6.45, 7) is 6.46. The lowest BCUT2D eigenvalue weighted by atomic mass is 10.0. The van der Waals surface area contributed by atoms with Crippen molar-refractivity contribution in [2.75, 3.05) is 33.3 Å². The van der Waals surface area contributed by atoms with Gasteiger partial charge in [-0.3, -0.25) is 4.90 Å². The zero-order chi connectivity index (χ0) is 16.2. The predicted molar refractivity (Wildman–Crippen MR) is 101 cm³/mol. The number of nitrogens with one attached hydrogen (secondary N) is 1. The van der Waals surface area contributed by atoms with Crippen LogP contribution >= 0.6 is 27.3 Å². The van der Waals surface area contributed by atoms with Crippen molar-refractivity contribution in [3.63, 3.8) is 0 Å². The Morgan fingerprint density at radius 2 is 2.13 bits per heavy atom. The highest BCUT2D eigenvalue weighted by Crippen LogP contribution is 2.39. The Kier molecular flexibility index (Phi) is 5.75. The van der Waals surface area contributed by atoms with Crippen LogP contribution in [0, 0.1) is 6.92 Å². The van der Waals surface area contributed by atoms with Gasteiger partial charge in [0.2, 0.25) is 0 Å². The number of benzene rings is 1. The monoisotopic (exact) mass is 394 g/mol. The smallest absolute Gasteiger partial charge is 0.124 e. The molecule has 0 amide bonds. The highest BCUT2D eigenvalue weighted by Gasteiger charge is 2.27. The zero-order valence-electron chi connectivity index (χ0n) is 13.6. The van der Waals surface area contributed by atoms with E-state index >= 15 is 0 Å². The van der Waals surface area contributed by atoms with Gasteiger partial charge >= 0.3 is 0 Å². The van der Waals surface area contributed by atoms with Gasteiger partial charge in [-0.2, -0.15) is 0 Å². The van der Waals surface area contributed by atoms with Crippen molar-refractivity contribution < 1.29 is 4.74 Å². The molecule has 1 fully saturated rings. The number of ether oxygens (including phenoxy) is 1. The Morgan fingerprint density at radius 1 is 1.26 bits per heavy atom. The van der Waals surface area contributed by atoms with Crippen molar-refractivity contribution in [3.05, 3.63) is 50.1 Å². The fourth-order valence-electron chi connectivity index (χ4n) is 3.17. The number of hydrogen-bond donors (Lipinski definition) is 1. The summed E-state index contributed by atoms with van der Waals surface area (Å²) in [6.07, 6.45) is 1.18. The second-order valence-electron chi connectivity index (χ2n) is 5.95. The van der Waals surface area contributed by atoms with E-state index in [1.165, 1.54) is 22.4 Å². The van der Waals surface area contributed by atoms with Crippen LogP contribution in [0.15, 0.2) is 34.1 Å². The molecule has 0 spiro atoms. The molecule has 0 aliphatic carbocycles. The highest BCUT2D eigenvalue weighted by atomic mass is 79.9. The molecule has 1 aromatic heterocycles. The minimum atomic E-state index is 0.251. The summed E-state index contributed by atoms with van der Waals surface area (Å²) in [5.41, 5.74) is 2.57. The molecule has 2 heterocycles. The number of hydrogen-bond acceptors (Lipinski definition) is 4. The van der Waals surface area contributed by atoms with Gasteiger partial charge in [-0.15, -0.1) is 11.3 Å². The van der Waals surface area contributed by atoms with E-state index < -0.39 is 0 Å². The first kappa shape index (κ1) is 17.0. The second kappa shape index (κ2) is 7.79. The Bertz CT molecular complexity index is 650. The summed E-state index contributed by atoms with van der Waals surface area (Å²) in [5, 5.41) is 5.74. The van der Waals surface area contributed by atoms with E-state index in [4.69, 9.17) is 4.74 Å². The normalized spacial score (nSPS) is 17.7. The quantitative estimate of drug-likeness (QED) is 0.839. The van der Waals surface area contributed by atoms with Crippen molar-refractivity contribution >= 4 is 27.3 Å². The number of halogens is 1. The molecule has 3 rings (SSSR count). The van der Waals surface area contributed by atoms with Crippen LogP contribution in [-0.4, -0.2) is 38.2 Å². The van der Waals surface area contributed by atoms with E-state index in [0.717, 1.165) is 36.4 Å². The average molecular weight is 395 g/mol. The summed E-state index contributed by atoms with van der Waals surface area (Å²) >= 11 is 5.47. The number of rotatable bonds is 4. The molecule has 3 nitrogen and oxygen atoms in total. The maximum atomic E-state index is 5.67. The molecular formula is C18H23BrN2OS. The molecular weight excluding hydrogens is 372 g/mol. The standard InChI is InChI=1S/C18H23BrN2OS/c1-13-10-17(23-12-13)18(21-8-3-6-20-7-9-21)15-11-14(19)4-5-16(15)22-2/h4-5,10-12,18,20H,3,6-9H2,1-2H3. The SMILES string of the molecule is COc1ccc(Br)cc1C(c1cc(C)cs1)N1CCCNCC1. The lowest BCUT2D eigenvalue weighted by molar-refractivity contribution is 0.239. The molecule has 1 aromatic carbocycles. The third-order valence-corrected chi connectivity index (χ3v) is 5.84. The van der Waals surface area contributed by atoms with Gasteiger partial charge in [0.05, 0.1) is 13.2 Å². The van der Waals surface area contributed by atoms with Crippen LogP contribution in [0.2, 0.25) is 0 Å². The molecule has 124 valence electrons. The van der Waals surface area contributed by atoms with Gasteiger partial charge in [0.15, 0.2) is 0 Å². The molecule has 1 saturated heterocycles. The average Bonchev–Trinajstić information content (AvgIpc) is 2.80. The van der Waals surface area contributed by atoms with Crippen LogP contribution in [0.4, 0.5) is 0 Å². The van der Waals surface area contributed by atoms with Crippen molar-refractivity contribution in [2.24, 2.45) is 0 Å². The Hall–Kier alpha value is -0.880. The third kappa shape index (κ3) is 3.97. The van der Waals surface area contributed by atoms with Crippen molar-refractivity contribution in [1.29, 1.82) is 0 Å². The molecule has 0 radical (unpaired) electrons. The van der Waals surface area contributed by atoms with Gasteiger partial charge < -0.3 is 10.1 Å². The van der Waals surface area contributed by atoms with Crippen molar-refractivity contribution in [3.8, 4) is 5.75 Å². The van der Waals surface area contributed by atoms with Crippen molar-refractivity contribution in [2.45, 2.75) is 19.4 Å². The molecule has 0 saturated carbocycles. The van der Waals surface area contributed by atoms with Gasteiger partial charge in [0.25, 0.3) is 0 Å². The van der Waals surface area contributed by atoms with Crippen molar-refractivity contribution in [1.82, 2.24) is 10.2 Å². The minimum Gasteiger partial charge on any atom is -0.496 e. The van der Waals surface area contributed by atoms with Crippen LogP contribution in [-0.2, 0) is 0 Å². The molecule has 5 heteroatoms. The molecule has 2 aromatic rings. The summed E-state index contributed by atoms with van der Waals surface area (Å²) in [5.74, 6) is 0.960. The number of aryl methyl sites for hydroxylation is 1. The largest absolute Gasteiger partial charge is 0.496 e. The van der Waals surface area contributed by atoms with Crippen LogP contribution in [0.1, 0.15) is 28.5 Å². The lowest BCUT2D eigenvalue weighted by Crippen LogP contribution is -2.32. The summed E-state index contributed by atoms with van der Waals surface area (Å²) < 4.78 is 6.77. The van der Waals surface area contributed by atoms with E-state index in [1.807, 2.05) is 17.4 Å². The molecule has 0 bridgehead atoms. The predicted octanol–water partition coefficient (Wildman–Crippen LogP) is 4.21. The molecule has 1 unspecified atom stereocenters. The van der Waals surface area contributed by atoms with Gasteiger partial charge in [-0.25, -0.2) is 0 Å². The summed E-state index contributed by atoms with van der Waals surface area (Å²) in [4.78, 5) is 3.97. The van der Waals surface area contributed by atoms with E-state index in [9.17, 15) is 0 Å². The van der Waals surface area contributed by atoms with Crippen LogP contribution in [0.3, 0.4) is 0 Å². The number of thiophene rings is 1. The maximum Gasteiger partial charge on any atom is 0.124 e. The first-order valence-electron chi connectivity index (χ1n) is 8.02. The fourth-order valence-corrected chi connectivity index (χ4v) is 4.60. The molecule has 23 heavy (non-hydrogen) atoms. The molecule has 1 aliphatic heterocycles. The maximum absolute atomic E-state index is 5.67. The Morgan fingerprint density at radius 3 is 2.87 bits per heavy atom. The van der Waals surface area contributed by atoms with Gasteiger partial charge in [-0.1, -0.05) is 15.9 Å². The Balaban J connectivity index is 2.05. The van der Waals surface area contributed by atoms with Gasteiger partial charge in [0, 0.05) is 34.5 Å². The number of methoxy groups -OCH3 is 1. The number of nitrogens with zero attached hydrogens (tertiary/aromatic N) is 1. The minimum absolute atomic E-state index is 0.251. The first-order chi connectivity index (χ1) is 11.2. The highest BCUT2D eigenvalue weighted by molar-refractivity contribution is 9.10. The van der Waals surface area contributed by atoms with Gasteiger partial charge in [-0.05, 0) is 55.1 Å². The molecule has 1 N–H and O–H groups in total. The topological polar surface area (TPSA) is 24.5 Å². The lowest BCUT2D eigenvalue weighted by Gasteiger charge is -2.31. The molecule has 1 atom stereocenters. The van der Waals surface area contributed by atoms with Crippen LogP contribution in [0.25, 0.3) is 0 Å². The third-order valence-electron chi connectivity index (χ3n) is 4.25. The summed E-state index contributed by atoms with van der Waals surface area (Å²) in [6, 6.07) is 8.87. The van der Waals surface area contributed by atoms with E-state index in [1.54, 1.807) is 7.11 Å². The van der Waals surface area contributed by atoms with E-state index in [2.05, 4.69) is 56.6 Å². The Labute approximate surface area is 150 Å². The van der Waals surface area contributed by atoms with Gasteiger partial charge in [0.1, 0.15) is 5.75 Å². The second-order valence-corrected chi connectivity index (χ2v) is 7.81. The summed E-state index contributed by atoms with van der Waals surface area (Å²) in [7, 11) is 1.76. The first-order valence-corrected chi connectivity index (χ1v) is 9.69. The van der Waals surface area contributed by atoms with E-state index in [-0.39, 0.29) is 6.04 Å². The van der Waals surface area contributed by atoms with Crippen LogP contribution < -0.4 is 10.1 Å². The zero-order valence-corrected chi connectivity index (χ0v) is 16.0. The molecule has 1 aliphatic rings.